The van der Waals surface area contributed by atoms with Crippen LogP contribution in [0.15, 0.2) is 11.6 Å². The van der Waals surface area contributed by atoms with Crippen LogP contribution in [0.4, 0.5) is 0 Å². The van der Waals surface area contributed by atoms with E-state index in [9.17, 15) is 4.79 Å². The van der Waals surface area contributed by atoms with Gasteiger partial charge in [-0.1, -0.05) is 84.3 Å². The molecule has 0 amide bonds. The maximum Gasteiger partial charge on any atom is 0.170 e. The summed E-state index contributed by atoms with van der Waals surface area (Å²) in [5.74, 6) is 4.03. The minimum atomic E-state index is 0.0935. The highest BCUT2D eigenvalue weighted by Gasteiger charge is 2.23. The van der Waals surface area contributed by atoms with E-state index >= 15 is 0 Å². The average Bonchev–Trinajstić information content (AvgIpc) is 2.79. The Morgan fingerprint density at radius 1 is 0.743 bits per heavy atom. The van der Waals surface area contributed by atoms with Crippen molar-refractivity contribution >= 4 is 5.78 Å². The molecule has 0 saturated heterocycles. The van der Waals surface area contributed by atoms with Gasteiger partial charge in [0.1, 0.15) is 11.5 Å². The molecule has 0 aromatic heterocycles. The zero-order chi connectivity index (χ0) is 26.5. The number of Topliss-reactive ketones (excluding diaryl/α,β-unsaturated/α-hetero) is 1. The highest BCUT2D eigenvalue weighted by atomic mass is 16.5. The Bertz CT molecular complexity index is 819. The third-order valence-electron chi connectivity index (χ3n) is 7.65. The summed E-state index contributed by atoms with van der Waals surface area (Å²) in [6.07, 6.45) is 14.2. The van der Waals surface area contributed by atoms with Crippen molar-refractivity contribution in [3.8, 4) is 11.5 Å². The van der Waals surface area contributed by atoms with Gasteiger partial charge in [-0.3, -0.25) is 4.79 Å². The van der Waals surface area contributed by atoms with Crippen molar-refractivity contribution in [2.24, 2.45) is 17.8 Å². The predicted molar refractivity (Wildman–Crippen MR) is 151 cm³/mol. The molecular formula is C32H54O3. The van der Waals surface area contributed by atoms with Crippen LogP contribution < -0.4 is 9.47 Å². The van der Waals surface area contributed by atoms with Crippen LogP contribution in [-0.4, -0.2) is 20.0 Å². The first-order chi connectivity index (χ1) is 16.5. The number of ether oxygens (including phenoxy) is 2. The summed E-state index contributed by atoms with van der Waals surface area (Å²) in [7, 11) is 3.30. The molecule has 0 aliphatic rings. The number of ketones is 1. The molecule has 0 saturated carbocycles. The second-order valence-corrected chi connectivity index (χ2v) is 11.4. The third-order valence-corrected chi connectivity index (χ3v) is 7.65. The number of hydrogen-bond acceptors (Lipinski definition) is 3. The molecular weight excluding hydrogens is 432 g/mol. The molecule has 0 heterocycles. The summed E-state index contributed by atoms with van der Waals surface area (Å²) in [6, 6.07) is 0. The maximum atomic E-state index is 13.2. The number of allylic oxidation sites excluding steroid dienone is 2. The fraction of sp³-hybridized carbons (Fsp3) is 0.719. The van der Waals surface area contributed by atoms with Crippen molar-refractivity contribution < 1.29 is 14.3 Å². The van der Waals surface area contributed by atoms with Gasteiger partial charge in [-0.05, 0) is 69.4 Å². The second kappa shape index (κ2) is 16.1. The zero-order valence-electron chi connectivity index (χ0n) is 24.6. The van der Waals surface area contributed by atoms with Gasteiger partial charge in [0.25, 0.3) is 0 Å². The Morgan fingerprint density at radius 2 is 1.23 bits per heavy atom. The first-order valence-corrected chi connectivity index (χ1v) is 13.9. The van der Waals surface area contributed by atoms with Crippen molar-refractivity contribution in [1.29, 1.82) is 0 Å². The minimum Gasteiger partial charge on any atom is -0.496 e. The highest BCUT2D eigenvalue weighted by Crippen LogP contribution is 2.38. The number of carbonyl (C=O) groups excluding carboxylic acids is 1. The summed E-state index contributed by atoms with van der Waals surface area (Å²) < 4.78 is 11.2. The molecule has 3 nitrogen and oxygen atoms in total. The molecule has 0 fully saturated rings. The summed E-state index contributed by atoms with van der Waals surface area (Å²) >= 11 is 0. The number of methoxy groups -OCH3 is 2. The van der Waals surface area contributed by atoms with E-state index in [0.717, 1.165) is 46.6 Å². The molecule has 0 radical (unpaired) electrons. The van der Waals surface area contributed by atoms with Gasteiger partial charge in [0.2, 0.25) is 0 Å². The number of benzene rings is 1. The lowest BCUT2D eigenvalue weighted by atomic mass is 9.91. The Hall–Kier alpha value is -1.77. The van der Waals surface area contributed by atoms with Crippen molar-refractivity contribution in [2.45, 2.75) is 120 Å². The smallest absolute Gasteiger partial charge is 0.170 e. The van der Waals surface area contributed by atoms with Crippen LogP contribution in [0.3, 0.4) is 0 Å². The van der Waals surface area contributed by atoms with E-state index in [1.807, 2.05) is 20.8 Å². The van der Waals surface area contributed by atoms with Crippen molar-refractivity contribution in [3.63, 3.8) is 0 Å². The van der Waals surface area contributed by atoms with Gasteiger partial charge in [0.15, 0.2) is 5.78 Å². The Kier molecular flexibility index (Phi) is 14.4. The minimum absolute atomic E-state index is 0.0935. The Labute approximate surface area is 217 Å². The average molecular weight is 487 g/mol. The topological polar surface area (TPSA) is 35.5 Å². The summed E-state index contributed by atoms with van der Waals surface area (Å²) in [6.45, 7) is 17.6. The largest absolute Gasteiger partial charge is 0.496 e. The molecule has 0 aliphatic heterocycles. The van der Waals surface area contributed by atoms with Crippen LogP contribution in [0.1, 0.15) is 126 Å². The van der Waals surface area contributed by atoms with Crippen molar-refractivity contribution in [3.05, 3.63) is 33.9 Å². The predicted octanol–water partition coefficient (Wildman–Crippen LogP) is 9.59. The fourth-order valence-corrected chi connectivity index (χ4v) is 5.17. The van der Waals surface area contributed by atoms with Crippen LogP contribution in [-0.2, 0) is 0 Å². The lowest BCUT2D eigenvalue weighted by Gasteiger charge is -2.19. The molecule has 0 aliphatic carbocycles. The molecule has 2 unspecified atom stereocenters. The normalized spacial score (nSPS) is 13.7. The molecule has 0 N–H and O–H groups in total. The third kappa shape index (κ3) is 10.4. The molecule has 35 heavy (non-hydrogen) atoms. The Morgan fingerprint density at radius 3 is 1.74 bits per heavy atom. The molecule has 1 aromatic rings. The monoisotopic (exact) mass is 486 g/mol. The highest BCUT2D eigenvalue weighted by molar-refractivity contribution is 6.02. The Balaban J connectivity index is 2.50. The van der Waals surface area contributed by atoms with Gasteiger partial charge in [0, 0.05) is 12.0 Å². The summed E-state index contributed by atoms with van der Waals surface area (Å²) in [5.41, 5.74) is 4.82. The van der Waals surface area contributed by atoms with Gasteiger partial charge in [-0.2, -0.15) is 0 Å². The van der Waals surface area contributed by atoms with Gasteiger partial charge in [0.05, 0.1) is 19.8 Å². The van der Waals surface area contributed by atoms with E-state index in [2.05, 4.69) is 40.7 Å². The van der Waals surface area contributed by atoms with Crippen LogP contribution in [0.2, 0.25) is 0 Å². The molecule has 0 spiro atoms. The number of rotatable bonds is 17. The maximum absolute atomic E-state index is 13.2. The van der Waals surface area contributed by atoms with Gasteiger partial charge in [-0.25, -0.2) is 0 Å². The quantitative estimate of drug-likeness (QED) is 0.162. The SMILES string of the molecule is COc1c(C)c(C)c(OC)c(C(=O)C/C=C(\C)CCCC(C)CCCC(C)CCCC(C)C)c1C. The van der Waals surface area contributed by atoms with Gasteiger partial charge >= 0.3 is 0 Å². The van der Waals surface area contributed by atoms with E-state index in [1.54, 1.807) is 14.2 Å². The van der Waals surface area contributed by atoms with Crippen molar-refractivity contribution in [2.75, 3.05) is 14.2 Å². The van der Waals surface area contributed by atoms with Crippen LogP contribution in [0.25, 0.3) is 0 Å². The van der Waals surface area contributed by atoms with Crippen LogP contribution in [0.5, 0.6) is 11.5 Å². The van der Waals surface area contributed by atoms with Gasteiger partial charge in [-0.15, -0.1) is 0 Å². The molecule has 200 valence electrons. The van der Waals surface area contributed by atoms with E-state index in [1.165, 1.54) is 56.9 Å². The zero-order valence-corrected chi connectivity index (χ0v) is 24.6. The molecule has 2 atom stereocenters. The molecule has 1 aromatic carbocycles. The van der Waals surface area contributed by atoms with E-state index in [0.29, 0.717) is 17.7 Å². The molecule has 0 bridgehead atoms. The molecule has 3 heteroatoms. The summed E-state index contributed by atoms with van der Waals surface area (Å²) in [4.78, 5) is 13.2. The van der Waals surface area contributed by atoms with E-state index < -0.39 is 0 Å². The molecule has 1 rings (SSSR count). The fourth-order valence-electron chi connectivity index (χ4n) is 5.17. The van der Waals surface area contributed by atoms with E-state index in [4.69, 9.17) is 9.47 Å². The van der Waals surface area contributed by atoms with Crippen molar-refractivity contribution in [1.82, 2.24) is 0 Å². The van der Waals surface area contributed by atoms with Gasteiger partial charge < -0.3 is 9.47 Å². The standard InChI is InChI=1S/C32H54O3/c1-22(2)14-11-15-23(3)16-12-17-24(4)18-13-19-25(5)20-21-29(33)30-28(8)31(34-9)26(6)27(7)32(30)35-10/h20,22-24H,11-19,21H2,1-10H3/b25-20+. The second-order valence-electron chi connectivity index (χ2n) is 11.4. The first kappa shape index (κ1) is 31.3. The van der Waals surface area contributed by atoms with E-state index in [-0.39, 0.29) is 5.78 Å². The number of carbonyl (C=O) groups is 1. The van der Waals surface area contributed by atoms with Crippen LogP contribution >= 0.6 is 0 Å². The van der Waals surface area contributed by atoms with Crippen LogP contribution in [0, 0.1) is 38.5 Å². The lowest BCUT2D eigenvalue weighted by molar-refractivity contribution is 0.0991. The summed E-state index contributed by atoms with van der Waals surface area (Å²) in [5, 5.41) is 0. The lowest BCUT2D eigenvalue weighted by Crippen LogP contribution is -2.09. The first-order valence-electron chi connectivity index (χ1n) is 13.9. The number of hydrogen-bond donors (Lipinski definition) is 0.